The minimum atomic E-state index is -7.75. The summed E-state index contributed by atoms with van der Waals surface area (Å²) in [6.07, 6.45) is -8.62. The number of hydrogen-bond donors (Lipinski definition) is 0. The highest BCUT2D eigenvalue weighted by atomic mass is 32.2. The van der Waals surface area contributed by atoms with Gasteiger partial charge in [-0.25, -0.2) is 8.42 Å². The van der Waals surface area contributed by atoms with E-state index < -0.39 is 151 Å². The first-order valence-electron chi connectivity index (χ1n) is 29.2. The number of benzene rings is 10. The summed E-state index contributed by atoms with van der Waals surface area (Å²) in [6, 6.07) is 81.0. The Labute approximate surface area is 596 Å². The summed E-state index contributed by atoms with van der Waals surface area (Å²) in [5, 5.41) is -10.7. The van der Waals surface area contributed by atoms with Gasteiger partial charge in [0, 0.05) is 18.6 Å². The van der Waals surface area contributed by atoms with Crippen molar-refractivity contribution in [2.24, 2.45) is 0 Å². The third kappa shape index (κ3) is 19.7. The van der Waals surface area contributed by atoms with Gasteiger partial charge in [-0.2, -0.15) is 95.9 Å². The van der Waals surface area contributed by atoms with E-state index in [2.05, 4.69) is 99.4 Å². The molecule has 0 fully saturated rings. The monoisotopic (exact) mass is 1600 g/mol. The lowest BCUT2D eigenvalue weighted by Gasteiger charge is -2.32. The van der Waals surface area contributed by atoms with Crippen LogP contribution in [0.3, 0.4) is 0 Å². The van der Waals surface area contributed by atoms with E-state index in [9.17, 15) is 119 Å². The molecule has 10 aromatic rings. The predicted octanol–water partition coefficient (Wildman–Crippen LogP) is 18.1. The van der Waals surface area contributed by atoms with Crippen LogP contribution >= 0.6 is 0 Å². The zero-order valence-corrected chi connectivity index (χ0v) is 57.7. The molecular weight excluding hydrogens is 1550 g/mol. The third-order valence-corrected chi connectivity index (χ3v) is 24.0. The average molecular weight is 1600 g/mol. The summed E-state index contributed by atoms with van der Waals surface area (Å²) in [5.74, 6) is -27.4. The van der Waals surface area contributed by atoms with Gasteiger partial charge in [0.25, 0.3) is 0 Å². The van der Waals surface area contributed by atoms with Crippen molar-refractivity contribution in [2.45, 2.75) is 96.9 Å². The van der Waals surface area contributed by atoms with E-state index in [1.54, 1.807) is 24.3 Å². The second-order valence-electron chi connectivity index (χ2n) is 21.3. The van der Waals surface area contributed by atoms with E-state index in [-0.39, 0.29) is 17.0 Å². The summed E-state index contributed by atoms with van der Waals surface area (Å²) in [5.41, 5.74) is -3.03. The van der Waals surface area contributed by atoms with Crippen LogP contribution in [-0.2, 0) is 75.4 Å². The van der Waals surface area contributed by atoms with E-state index in [4.69, 9.17) is 0 Å². The topological polar surface area (TPSA) is 184 Å². The molecule has 0 aliphatic carbocycles. The Balaban J connectivity index is 0.000000204. The molecule has 0 saturated carbocycles. The van der Waals surface area contributed by atoms with Crippen LogP contribution < -0.4 is 13.5 Å². The van der Waals surface area contributed by atoms with Gasteiger partial charge < -0.3 is 22.8 Å². The van der Waals surface area contributed by atoms with Crippen LogP contribution in [0.5, 0.6) is 11.5 Å². The maximum atomic E-state index is 13.9. The number of rotatable bonds is 21. The van der Waals surface area contributed by atoms with Gasteiger partial charge in [0.2, 0.25) is 0 Å². The van der Waals surface area contributed by atoms with E-state index in [0.29, 0.717) is 0 Å². The smallest absolute Gasteiger partial charge is 0.450 e. The normalized spacial score (nSPS) is 12.8. The van der Waals surface area contributed by atoms with Crippen LogP contribution in [0, 0.1) is 0 Å². The second kappa shape index (κ2) is 33.1. The van der Waals surface area contributed by atoms with Gasteiger partial charge in [-0.3, -0.25) is 0 Å². The first-order valence-corrected chi connectivity index (χ1v) is 37.1. The summed E-state index contributed by atoms with van der Waals surface area (Å²) >= 11 is 0. The van der Waals surface area contributed by atoms with Crippen molar-refractivity contribution < 1.29 is 127 Å². The lowest BCUT2D eigenvalue weighted by Crippen LogP contribution is -2.61. The fraction of sp³-hybridized carbons (Fsp3) is 0.129. The van der Waals surface area contributed by atoms with Gasteiger partial charge in [-0.05, 0) is 146 Å². The molecule has 0 aromatic heterocycles. The standard InChI is InChI=1S/2C19H14F3S.C18H15S.C14H8F12O11S3/c2*20-19(21,22)15-11-13-18(14-12-15)23(16-7-3-1-4-8-16)17-9-5-2-6-10-17;1-4-10-16(11-5-1)19(17-12-6-2-7-13-17)18-14-8-3-9-15-18;1-9(15,16)10(17,18)13(23,24)39(32,33)36-6-2-5(8(27)28)3-7(4-6)37-40(34,35)14(25,26)11(19,20)12(21,22)38(29,30)31/h2*1-14H;1-15H;2-4H,1H3,(H,27,28)(H,29,30,31)/q3*+1;/p-2. The Kier molecular flexibility index (Phi) is 26.2. The van der Waals surface area contributed by atoms with Crippen molar-refractivity contribution in [1.29, 1.82) is 0 Å². The lowest BCUT2D eigenvalue weighted by atomic mass is 10.2. The number of carboxylic acids is 1. The molecule has 0 amide bonds. The molecule has 0 N–H and O–H groups in total. The van der Waals surface area contributed by atoms with Crippen LogP contribution in [0.15, 0.2) is 323 Å². The summed E-state index contributed by atoms with van der Waals surface area (Å²) in [7, 11) is -23.7. The fourth-order valence-electron chi connectivity index (χ4n) is 8.72. The Morgan fingerprint density at radius 3 is 0.714 bits per heavy atom. The van der Waals surface area contributed by atoms with Crippen LogP contribution in [0.25, 0.3) is 0 Å². The van der Waals surface area contributed by atoms with Crippen LogP contribution in [0.4, 0.5) is 79.0 Å². The number of aromatic carboxylic acids is 1. The molecule has 556 valence electrons. The van der Waals surface area contributed by atoms with Crippen molar-refractivity contribution in [1.82, 2.24) is 0 Å². The van der Waals surface area contributed by atoms with Crippen LogP contribution in [0.1, 0.15) is 28.4 Å². The lowest BCUT2D eigenvalue weighted by molar-refractivity contribution is -0.272. The quantitative estimate of drug-likeness (QED) is 0.0289. The Hall–Kier alpha value is -9.13. The number of carbonyl (C=O) groups is 1. The highest BCUT2D eigenvalue weighted by molar-refractivity contribution is 7.97. The summed E-state index contributed by atoms with van der Waals surface area (Å²) in [6.45, 7) is -0.887. The molecule has 0 atom stereocenters. The van der Waals surface area contributed by atoms with E-state index in [0.717, 1.165) is 53.6 Å². The van der Waals surface area contributed by atoms with Crippen molar-refractivity contribution in [3.8, 4) is 11.5 Å². The number of carbonyl (C=O) groups excluding carboxylic acids is 1. The molecule has 0 saturated heterocycles. The molecule has 0 unspecified atom stereocenters. The van der Waals surface area contributed by atoms with Crippen LogP contribution in [-0.4, -0.2) is 69.3 Å². The first kappa shape index (κ1) is 83.1. The summed E-state index contributed by atoms with van der Waals surface area (Å²) < 4.78 is 322. The van der Waals surface area contributed by atoms with E-state index in [1.807, 2.05) is 121 Å². The largest absolute Gasteiger partial charge is 0.743 e. The maximum absolute atomic E-state index is 13.9. The summed E-state index contributed by atoms with van der Waals surface area (Å²) in [4.78, 5) is 21.1. The molecule has 10 aromatic carbocycles. The van der Waals surface area contributed by atoms with Crippen molar-refractivity contribution in [3.63, 3.8) is 0 Å². The maximum Gasteiger partial charge on any atom is 0.450 e. The molecule has 0 aliphatic heterocycles. The molecule has 0 aliphatic rings. The molecule has 0 bridgehead atoms. The average Bonchev–Trinajstić information content (AvgIpc) is 0.729. The van der Waals surface area contributed by atoms with Gasteiger partial charge in [-0.1, -0.05) is 127 Å². The molecule has 105 heavy (non-hydrogen) atoms. The minimum Gasteiger partial charge on any atom is -0.743 e. The zero-order chi connectivity index (χ0) is 77.8. The Morgan fingerprint density at radius 1 is 0.314 bits per heavy atom. The molecular formula is C70H49F18O11S6+. The Morgan fingerprint density at radius 2 is 0.524 bits per heavy atom. The molecule has 0 radical (unpaired) electrons. The Bertz CT molecular complexity index is 4540. The minimum absolute atomic E-state index is 0.0146. The number of halogens is 18. The van der Waals surface area contributed by atoms with Crippen molar-refractivity contribution in [2.75, 3.05) is 0 Å². The number of alkyl halides is 18. The molecule has 0 heterocycles. The van der Waals surface area contributed by atoms with E-state index >= 15 is 0 Å². The van der Waals surface area contributed by atoms with Gasteiger partial charge in [0.1, 0.15) is 11.5 Å². The molecule has 11 nitrogen and oxygen atoms in total. The molecule has 0 spiro atoms. The zero-order valence-electron chi connectivity index (χ0n) is 52.8. The highest BCUT2D eigenvalue weighted by Crippen LogP contribution is 2.52. The predicted molar refractivity (Wildman–Crippen MR) is 349 cm³/mol. The second-order valence-corrected chi connectivity index (χ2v) is 31.9. The molecule has 10 rings (SSSR count). The highest BCUT2D eigenvalue weighted by Gasteiger charge is 2.81. The SMILES string of the molecule is CC(F)(F)C(F)(F)C(F)(F)S(=O)(=O)Oc1cc(OS(=O)(=O)C(F)(F)C(F)(F)C(F)(F)S(=O)(=O)[O-])cc(C(=O)[O-])c1.FC(F)(F)c1ccc([S+](c2ccccc2)c2ccccc2)cc1.FC(F)(F)c1ccc([S+](c2ccccc2)c2ccccc2)cc1.c1ccc([S+](c2ccccc2)c2ccccc2)cc1. The van der Waals surface area contributed by atoms with Crippen molar-refractivity contribution >= 4 is 69.0 Å². The fourth-order valence-corrected chi connectivity index (χ4v) is 17.3. The van der Waals surface area contributed by atoms with Gasteiger partial charge in [-0.15, -0.1) is 0 Å². The van der Waals surface area contributed by atoms with Crippen molar-refractivity contribution in [3.05, 3.63) is 296 Å². The van der Waals surface area contributed by atoms with Gasteiger partial charge in [0.05, 0.1) is 49.8 Å². The van der Waals surface area contributed by atoms with Crippen LogP contribution in [0.2, 0.25) is 0 Å². The first-order chi connectivity index (χ1) is 48.8. The van der Waals surface area contributed by atoms with Gasteiger partial charge >= 0.3 is 66.1 Å². The molecule has 35 heteroatoms. The number of hydrogen-bond acceptors (Lipinski definition) is 11. The van der Waals surface area contributed by atoms with Gasteiger partial charge in [0.15, 0.2) is 54.2 Å². The third-order valence-electron chi connectivity index (χ3n) is 13.8. The van der Waals surface area contributed by atoms with E-state index in [1.165, 1.54) is 14.7 Å². The number of carboxylic acid groups (broad SMARTS) is 1.